The maximum Gasteiger partial charge on any atom is 0.0794 e. The Kier molecular flexibility index (Phi) is 4.54. The molecule has 0 amide bonds. The third-order valence-corrected chi connectivity index (χ3v) is 3.59. The van der Waals surface area contributed by atoms with Gasteiger partial charge in [0.1, 0.15) is 0 Å². The molecule has 1 aromatic heterocycles. The molecule has 90 valence electrons. The summed E-state index contributed by atoms with van der Waals surface area (Å²) in [7, 11) is 0. The largest absolute Gasteiger partial charge is 0.309 e. The summed E-state index contributed by atoms with van der Waals surface area (Å²) in [5.74, 6) is 0. The minimum absolute atomic E-state index is 0.443. The van der Waals surface area contributed by atoms with Crippen LogP contribution in [0.5, 0.6) is 0 Å². The smallest absolute Gasteiger partial charge is 0.0794 e. The molecule has 0 aliphatic rings. The number of hydrogen-bond acceptors (Lipinski definition) is 3. The van der Waals surface area contributed by atoms with Crippen LogP contribution in [0.15, 0.2) is 36.0 Å². The fourth-order valence-corrected chi connectivity index (χ4v) is 2.32. The predicted octanol–water partition coefficient (Wildman–Crippen LogP) is 3.52. The van der Waals surface area contributed by atoms with Crippen molar-refractivity contribution in [2.75, 3.05) is 0 Å². The minimum Gasteiger partial charge on any atom is -0.309 e. The lowest BCUT2D eigenvalue weighted by atomic mass is 10.1. The number of thiazole rings is 1. The second kappa shape index (κ2) is 6.15. The van der Waals surface area contributed by atoms with Gasteiger partial charge in [-0.25, -0.2) is 0 Å². The SMILES string of the molecule is CC(Cc1ccc(Cl)cc1)NCc1cncs1. The number of hydrogen-bond donors (Lipinski definition) is 1. The lowest BCUT2D eigenvalue weighted by Gasteiger charge is -2.13. The van der Waals surface area contributed by atoms with Crippen molar-refractivity contribution in [2.45, 2.75) is 25.9 Å². The Balaban J connectivity index is 1.80. The van der Waals surface area contributed by atoms with Crippen molar-refractivity contribution in [1.82, 2.24) is 10.3 Å². The summed E-state index contributed by atoms with van der Waals surface area (Å²) in [6.45, 7) is 3.08. The molecule has 0 radical (unpaired) electrons. The standard InChI is InChI=1S/C13H15ClN2S/c1-10(16-8-13-7-15-9-17-13)6-11-2-4-12(14)5-3-11/h2-5,7,9-10,16H,6,8H2,1H3. The molecule has 0 aliphatic heterocycles. The van der Waals surface area contributed by atoms with E-state index in [1.54, 1.807) is 11.3 Å². The third-order valence-electron chi connectivity index (χ3n) is 2.56. The highest BCUT2D eigenvalue weighted by Gasteiger charge is 2.03. The van der Waals surface area contributed by atoms with Gasteiger partial charge in [-0.1, -0.05) is 23.7 Å². The molecule has 2 aromatic rings. The molecule has 2 nitrogen and oxygen atoms in total. The summed E-state index contributed by atoms with van der Waals surface area (Å²) >= 11 is 7.54. The van der Waals surface area contributed by atoms with Crippen LogP contribution in [0.2, 0.25) is 5.02 Å². The van der Waals surface area contributed by atoms with Gasteiger partial charge in [0.15, 0.2) is 0 Å². The molecule has 0 saturated heterocycles. The Bertz CT molecular complexity index is 439. The average molecular weight is 267 g/mol. The first-order valence-corrected chi connectivity index (χ1v) is 6.85. The first-order chi connectivity index (χ1) is 8.24. The van der Waals surface area contributed by atoms with Gasteiger partial charge in [-0.05, 0) is 31.0 Å². The first-order valence-electron chi connectivity index (χ1n) is 5.59. The second-order valence-corrected chi connectivity index (χ2v) is 5.49. The van der Waals surface area contributed by atoms with Gasteiger partial charge in [-0.3, -0.25) is 4.98 Å². The van der Waals surface area contributed by atoms with Gasteiger partial charge in [0.05, 0.1) is 5.51 Å². The Morgan fingerprint density at radius 2 is 2.12 bits per heavy atom. The number of rotatable bonds is 5. The van der Waals surface area contributed by atoms with Crippen LogP contribution >= 0.6 is 22.9 Å². The van der Waals surface area contributed by atoms with Crippen molar-refractivity contribution in [2.24, 2.45) is 0 Å². The van der Waals surface area contributed by atoms with Gasteiger partial charge in [0, 0.05) is 28.7 Å². The van der Waals surface area contributed by atoms with Gasteiger partial charge in [0.2, 0.25) is 0 Å². The number of nitrogens with zero attached hydrogens (tertiary/aromatic N) is 1. The Morgan fingerprint density at radius 1 is 1.35 bits per heavy atom. The molecule has 0 aliphatic carbocycles. The summed E-state index contributed by atoms with van der Waals surface area (Å²) in [5.41, 5.74) is 3.17. The van der Waals surface area contributed by atoms with Gasteiger partial charge in [-0.15, -0.1) is 11.3 Å². The monoisotopic (exact) mass is 266 g/mol. The normalized spacial score (nSPS) is 12.6. The number of halogens is 1. The Hall–Kier alpha value is -0.900. The molecule has 0 saturated carbocycles. The molecule has 1 N–H and O–H groups in total. The second-order valence-electron chi connectivity index (χ2n) is 4.08. The van der Waals surface area contributed by atoms with E-state index in [-0.39, 0.29) is 0 Å². The van der Waals surface area contributed by atoms with E-state index in [0.717, 1.165) is 18.0 Å². The molecule has 1 heterocycles. The molecule has 1 atom stereocenters. The summed E-state index contributed by atoms with van der Waals surface area (Å²) < 4.78 is 0. The molecule has 17 heavy (non-hydrogen) atoms. The zero-order chi connectivity index (χ0) is 12.1. The summed E-state index contributed by atoms with van der Waals surface area (Å²) in [6, 6.07) is 8.47. The van der Waals surface area contributed by atoms with Crippen LogP contribution in [-0.2, 0) is 13.0 Å². The molecule has 1 aromatic carbocycles. The van der Waals surface area contributed by atoms with Crippen LogP contribution in [0.25, 0.3) is 0 Å². The molecule has 1 unspecified atom stereocenters. The minimum atomic E-state index is 0.443. The van der Waals surface area contributed by atoms with Gasteiger partial charge >= 0.3 is 0 Å². The fraction of sp³-hybridized carbons (Fsp3) is 0.308. The van der Waals surface area contributed by atoms with Crippen LogP contribution in [0.3, 0.4) is 0 Å². The third kappa shape index (κ3) is 4.11. The summed E-state index contributed by atoms with van der Waals surface area (Å²) in [6.07, 6.45) is 2.92. The van der Waals surface area contributed by atoms with Crippen LogP contribution in [0.4, 0.5) is 0 Å². The van der Waals surface area contributed by atoms with E-state index in [0.29, 0.717) is 6.04 Å². The average Bonchev–Trinajstić information content (AvgIpc) is 2.83. The summed E-state index contributed by atoms with van der Waals surface area (Å²) in [4.78, 5) is 5.33. The van der Waals surface area contributed by atoms with Crippen LogP contribution in [0.1, 0.15) is 17.4 Å². The maximum absolute atomic E-state index is 5.86. The summed E-state index contributed by atoms with van der Waals surface area (Å²) in [5, 5.41) is 4.28. The number of aromatic nitrogens is 1. The molecule has 4 heteroatoms. The van der Waals surface area contributed by atoms with Gasteiger partial charge < -0.3 is 5.32 Å². The molecular weight excluding hydrogens is 252 g/mol. The van der Waals surface area contributed by atoms with Crippen LogP contribution < -0.4 is 5.32 Å². The zero-order valence-corrected chi connectivity index (χ0v) is 11.3. The van der Waals surface area contributed by atoms with E-state index >= 15 is 0 Å². The highest BCUT2D eigenvalue weighted by molar-refractivity contribution is 7.09. The predicted molar refractivity (Wildman–Crippen MR) is 73.6 cm³/mol. The van der Waals surface area contributed by atoms with Crippen molar-refractivity contribution >= 4 is 22.9 Å². The van der Waals surface area contributed by atoms with Crippen molar-refractivity contribution in [1.29, 1.82) is 0 Å². The van der Waals surface area contributed by atoms with Gasteiger partial charge in [0.25, 0.3) is 0 Å². The highest BCUT2D eigenvalue weighted by atomic mass is 35.5. The topological polar surface area (TPSA) is 24.9 Å². The number of nitrogens with one attached hydrogen (secondary N) is 1. The van der Waals surface area contributed by atoms with E-state index in [1.807, 2.05) is 23.8 Å². The molecule has 2 rings (SSSR count). The Morgan fingerprint density at radius 3 is 2.76 bits per heavy atom. The van der Waals surface area contributed by atoms with Crippen LogP contribution in [0, 0.1) is 0 Å². The van der Waals surface area contributed by atoms with Crippen LogP contribution in [-0.4, -0.2) is 11.0 Å². The fourth-order valence-electron chi connectivity index (χ4n) is 1.65. The van der Waals surface area contributed by atoms with Crippen molar-refractivity contribution < 1.29 is 0 Å². The Labute approximate surface area is 111 Å². The quantitative estimate of drug-likeness (QED) is 0.896. The molecular formula is C13H15ClN2S. The molecule has 0 fully saturated rings. The van der Waals surface area contributed by atoms with Crippen molar-refractivity contribution in [3.63, 3.8) is 0 Å². The number of benzene rings is 1. The van der Waals surface area contributed by atoms with E-state index < -0.39 is 0 Å². The van der Waals surface area contributed by atoms with Crippen molar-refractivity contribution in [3.8, 4) is 0 Å². The van der Waals surface area contributed by atoms with E-state index in [2.05, 4.69) is 29.4 Å². The van der Waals surface area contributed by atoms with Gasteiger partial charge in [-0.2, -0.15) is 0 Å². The maximum atomic E-state index is 5.86. The molecule has 0 spiro atoms. The van der Waals surface area contributed by atoms with E-state index in [1.165, 1.54) is 10.4 Å². The van der Waals surface area contributed by atoms with E-state index in [4.69, 9.17) is 11.6 Å². The highest BCUT2D eigenvalue weighted by Crippen LogP contribution is 2.11. The molecule has 0 bridgehead atoms. The van der Waals surface area contributed by atoms with Crippen molar-refractivity contribution in [3.05, 3.63) is 51.4 Å². The lowest BCUT2D eigenvalue weighted by Crippen LogP contribution is -2.27. The lowest BCUT2D eigenvalue weighted by molar-refractivity contribution is 0.548. The van der Waals surface area contributed by atoms with E-state index in [9.17, 15) is 0 Å². The first kappa shape index (κ1) is 12.6. The zero-order valence-electron chi connectivity index (χ0n) is 9.69.